The Morgan fingerprint density at radius 3 is 2.64 bits per heavy atom. The topological polar surface area (TPSA) is 51.8 Å². The molecule has 14 heavy (non-hydrogen) atoms. The summed E-state index contributed by atoms with van der Waals surface area (Å²) >= 11 is 0.904. The maximum atomic E-state index is 12.4. The van der Waals surface area contributed by atoms with Crippen molar-refractivity contribution in [3.8, 4) is 0 Å². The third-order valence-electron chi connectivity index (χ3n) is 1.70. The van der Waals surface area contributed by atoms with E-state index in [1.54, 1.807) is 0 Å². The molecule has 0 aliphatic heterocycles. The molecule has 0 bridgehead atoms. The van der Waals surface area contributed by atoms with Crippen LogP contribution in [-0.2, 0) is 6.18 Å². The van der Waals surface area contributed by atoms with Crippen LogP contribution < -0.4 is 5.73 Å². The zero-order chi connectivity index (χ0) is 10.3. The van der Waals surface area contributed by atoms with E-state index in [0.29, 0.717) is 0 Å². The van der Waals surface area contributed by atoms with Crippen LogP contribution in [0.25, 0.3) is 10.2 Å². The van der Waals surface area contributed by atoms with Gasteiger partial charge in [-0.1, -0.05) is 0 Å². The Bertz CT molecular complexity index is 476. The van der Waals surface area contributed by atoms with Crippen molar-refractivity contribution in [2.75, 3.05) is 5.73 Å². The van der Waals surface area contributed by atoms with Gasteiger partial charge in [-0.05, 0) is 0 Å². The van der Waals surface area contributed by atoms with Crippen molar-refractivity contribution in [2.45, 2.75) is 6.18 Å². The summed E-state index contributed by atoms with van der Waals surface area (Å²) in [6.07, 6.45) is -3.26. The third kappa shape index (κ3) is 1.29. The van der Waals surface area contributed by atoms with E-state index >= 15 is 0 Å². The smallest absolute Gasteiger partial charge is 0.383 e. The molecule has 0 amide bonds. The van der Waals surface area contributed by atoms with Crippen molar-refractivity contribution in [3.63, 3.8) is 0 Å². The maximum Gasteiger partial charge on any atom is 0.418 e. The fourth-order valence-corrected chi connectivity index (χ4v) is 2.03. The van der Waals surface area contributed by atoms with Crippen LogP contribution in [0.15, 0.2) is 11.7 Å². The first-order valence-corrected chi connectivity index (χ1v) is 4.43. The minimum absolute atomic E-state index is 0.106. The second-order valence-corrected chi connectivity index (χ2v) is 3.44. The molecule has 0 saturated heterocycles. The van der Waals surface area contributed by atoms with Crippen LogP contribution in [-0.4, -0.2) is 9.97 Å². The van der Waals surface area contributed by atoms with Crippen molar-refractivity contribution >= 4 is 27.4 Å². The summed E-state index contributed by atoms with van der Waals surface area (Å²) in [7, 11) is 0. The summed E-state index contributed by atoms with van der Waals surface area (Å²) in [6.45, 7) is 0. The molecule has 2 aromatic rings. The molecular formula is C7H4F3N3S. The molecule has 0 aromatic carbocycles. The lowest BCUT2D eigenvalue weighted by molar-refractivity contribution is -0.136. The number of aromatic nitrogens is 2. The molecule has 3 nitrogen and oxygen atoms in total. The number of alkyl halides is 3. The quantitative estimate of drug-likeness (QED) is 0.739. The SMILES string of the molecule is Nc1ncnc2scc(C(F)(F)F)c12. The van der Waals surface area contributed by atoms with Crippen molar-refractivity contribution in [1.29, 1.82) is 0 Å². The molecule has 7 heteroatoms. The molecule has 0 aliphatic carbocycles. The number of rotatable bonds is 0. The van der Waals surface area contributed by atoms with Gasteiger partial charge in [0.15, 0.2) is 0 Å². The third-order valence-corrected chi connectivity index (χ3v) is 2.59. The fourth-order valence-electron chi connectivity index (χ4n) is 1.11. The normalized spacial score (nSPS) is 12.2. The lowest BCUT2D eigenvalue weighted by Gasteiger charge is -2.04. The molecule has 0 aliphatic rings. The van der Waals surface area contributed by atoms with Gasteiger partial charge in [0.1, 0.15) is 17.0 Å². The predicted molar refractivity (Wildman–Crippen MR) is 46.8 cm³/mol. The maximum absolute atomic E-state index is 12.4. The first kappa shape index (κ1) is 9.20. The average molecular weight is 219 g/mol. The second kappa shape index (κ2) is 2.81. The van der Waals surface area contributed by atoms with Crippen LogP contribution in [0.5, 0.6) is 0 Å². The van der Waals surface area contributed by atoms with Gasteiger partial charge in [-0.15, -0.1) is 11.3 Å². The molecule has 2 N–H and O–H groups in total. The van der Waals surface area contributed by atoms with Crippen LogP contribution in [0.4, 0.5) is 19.0 Å². The van der Waals surface area contributed by atoms with E-state index in [9.17, 15) is 13.2 Å². The van der Waals surface area contributed by atoms with E-state index in [-0.39, 0.29) is 16.0 Å². The largest absolute Gasteiger partial charge is 0.418 e. The monoisotopic (exact) mass is 219 g/mol. The number of thiophene rings is 1. The molecule has 0 saturated carbocycles. The Morgan fingerprint density at radius 2 is 2.00 bits per heavy atom. The molecule has 0 atom stereocenters. The number of nitrogen functional groups attached to an aromatic ring is 1. The number of fused-ring (bicyclic) bond motifs is 1. The molecule has 2 aromatic heterocycles. The van der Waals surface area contributed by atoms with Gasteiger partial charge in [-0.25, -0.2) is 9.97 Å². The molecule has 2 rings (SSSR count). The van der Waals surface area contributed by atoms with Gasteiger partial charge in [-0.2, -0.15) is 13.2 Å². The Balaban J connectivity index is 2.80. The number of hydrogen-bond donors (Lipinski definition) is 1. The van der Waals surface area contributed by atoms with E-state index in [1.807, 2.05) is 0 Å². The molecular weight excluding hydrogens is 215 g/mol. The number of anilines is 1. The lowest BCUT2D eigenvalue weighted by Crippen LogP contribution is -2.05. The van der Waals surface area contributed by atoms with Crippen molar-refractivity contribution in [1.82, 2.24) is 9.97 Å². The van der Waals surface area contributed by atoms with Gasteiger partial charge in [0.2, 0.25) is 0 Å². The van der Waals surface area contributed by atoms with Crippen LogP contribution in [0.1, 0.15) is 5.56 Å². The molecule has 0 unspecified atom stereocenters. The van der Waals surface area contributed by atoms with Crippen LogP contribution in [0.2, 0.25) is 0 Å². The highest BCUT2D eigenvalue weighted by atomic mass is 32.1. The van der Waals surface area contributed by atoms with Crippen molar-refractivity contribution in [3.05, 3.63) is 17.3 Å². The Morgan fingerprint density at radius 1 is 1.29 bits per heavy atom. The van der Waals surface area contributed by atoms with E-state index in [4.69, 9.17) is 5.73 Å². The first-order chi connectivity index (χ1) is 6.50. The van der Waals surface area contributed by atoms with Gasteiger partial charge < -0.3 is 5.73 Å². The highest BCUT2D eigenvalue weighted by Crippen LogP contribution is 2.39. The summed E-state index contributed by atoms with van der Waals surface area (Å²) in [4.78, 5) is 7.49. The first-order valence-electron chi connectivity index (χ1n) is 3.55. The predicted octanol–water partition coefficient (Wildman–Crippen LogP) is 2.29. The minimum atomic E-state index is -4.41. The summed E-state index contributed by atoms with van der Waals surface area (Å²) in [5.74, 6) is -0.136. The van der Waals surface area contributed by atoms with Crippen LogP contribution in [0, 0.1) is 0 Å². The summed E-state index contributed by atoms with van der Waals surface area (Å²) in [5, 5.41) is 0.889. The van der Waals surface area contributed by atoms with Gasteiger partial charge >= 0.3 is 6.18 Å². The summed E-state index contributed by atoms with van der Waals surface area (Å²) in [6, 6.07) is 0. The number of hydrogen-bond acceptors (Lipinski definition) is 4. The standard InChI is InChI=1S/C7H4F3N3S/c8-7(9,10)3-1-14-6-4(3)5(11)12-2-13-6/h1-2H,(H2,11,12,13). The van der Waals surface area contributed by atoms with Gasteiger partial charge in [-0.3, -0.25) is 0 Å². The number of nitrogens with zero attached hydrogens (tertiary/aromatic N) is 2. The molecule has 0 radical (unpaired) electrons. The molecule has 74 valence electrons. The highest BCUT2D eigenvalue weighted by molar-refractivity contribution is 7.17. The van der Waals surface area contributed by atoms with Crippen LogP contribution >= 0.6 is 11.3 Å². The zero-order valence-corrected chi connectivity index (χ0v) is 7.49. The Labute approximate surface area is 80.4 Å². The van der Waals surface area contributed by atoms with Gasteiger partial charge in [0.25, 0.3) is 0 Å². The number of nitrogens with two attached hydrogens (primary N) is 1. The zero-order valence-electron chi connectivity index (χ0n) is 6.67. The second-order valence-electron chi connectivity index (χ2n) is 2.59. The molecule has 2 heterocycles. The van der Waals surface area contributed by atoms with E-state index in [0.717, 1.165) is 23.0 Å². The van der Waals surface area contributed by atoms with E-state index in [1.165, 1.54) is 0 Å². The van der Waals surface area contributed by atoms with Gasteiger partial charge in [0.05, 0.1) is 10.9 Å². The molecule has 0 fully saturated rings. The highest BCUT2D eigenvalue weighted by Gasteiger charge is 2.34. The van der Waals surface area contributed by atoms with Crippen molar-refractivity contribution in [2.24, 2.45) is 0 Å². The lowest BCUT2D eigenvalue weighted by atomic mass is 10.2. The van der Waals surface area contributed by atoms with Gasteiger partial charge in [0, 0.05) is 5.38 Å². The fraction of sp³-hybridized carbons (Fsp3) is 0.143. The summed E-state index contributed by atoms with van der Waals surface area (Å²) in [5.41, 5.74) is 4.59. The minimum Gasteiger partial charge on any atom is -0.383 e. The van der Waals surface area contributed by atoms with Crippen LogP contribution in [0.3, 0.4) is 0 Å². The van der Waals surface area contributed by atoms with E-state index < -0.39 is 11.7 Å². The average Bonchev–Trinajstić information content (AvgIpc) is 2.47. The number of halogens is 3. The molecule has 0 spiro atoms. The summed E-state index contributed by atoms with van der Waals surface area (Å²) < 4.78 is 37.3. The Hall–Kier alpha value is -1.37. The Kier molecular flexibility index (Phi) is 1.84. The van der Waals surface area contributed by atoms with E-state index in [2.05, 4.69) is 9.97 Å². The van der Waals surface area contributed by atoms with Crippen molar-refractivity contribution < 1.29 is 13.2 Å².